The summed E-state index contributed by atoms with van der Waals surface area (Å²) in [5, 5.41) is 17.0. The van der Waals surface area contributed by atoms with Crippen LogP contribution in [0.25, 0.3) is 11.0 Å². The molecule has 3 aromatic rings. The lowest BCUT2D eigenvalue weighted by molar-refractivity contribution is 0.224. The minimum absolute atomic E-state index is 0.0342. The molecule has 1 aliphatic rings. The van der Waals surface area contributed by atoms with E-state index in [0.717, 1.165) is 32.1 Å². The van der Waals surface area contributed by atoms with E-state index in [1.165, 1.54) is 0 Å². The van der Waals surface area contributed by atoms with Gasteiger partial charge in [0.2, 0.25) is 5.95 Å². The van der Waals surface area contributed by atoms with Crippen molar-refractivity contribution in [1.82, 2.24) is 14.5 Å². The first-order valence-corrected chi connectivity index (χ1v) is 10.9. The Balaban J connectivity index is 1.73. The van der Waals surface area contributed by atoms with Crippen LogP contribution in [0.4, 0.5) is 20.4 Å². The van der Waals surface area contributed by atoms with E-state index in [0.29, 0.717) is 27.6 Å². The molecule has 158 valence electrons. The molecule has 2 aromatic heterocycles. The van der Waals surface area contributed by atoms with Gasteiger partial charge in [0.05, 0.1) is 10.6 Å². The third-order valence-corrected chi connectivity index (χ3v) is 6.09. The van der Waals surface area contributed by atoms with Gasteiger partial charge in [-0.25, -0.2) is 23.1 Å². The minimum atomic E-state index is -2.85. The lowest BCUT2D eigenvalue weighted by atomic mass is 9.95. The molecule has 0 spiro atoms. The van der Waals surface area contributed by atoms with Gasteiger partial charge in [-0.05, 0) is 43.2 Å². The first-order valence-electron chi connectivity index (χ1n) is 9.72. The van der Waals surface area contributed by atoms with Gasteiger partial charge in [-0.15, -0.1) is 0 Å². The van der Waals surface area contributed by atoms with Gasteiger partial charge in [0.1, 0.15) is 22.3 Å². The van der Waals surface area contributed by atoms with Crippen molar-refractivity contribution in [1.29, 1.82) is 5.41 Å². The summed E-state index contributed by atoms with van der Waals surface area (Å²) in [6, 6.07) is 8.32. The summed E-state index contributed by atoms with van der Waals surface area (Å²) >= 11 is 0. The number of hydrogen-bond acceptors (Lipinski definition) is 5. The van der Waals surface area contributed by atoms with Gasteiger partial charge in [-0.2, -0.15) is 4.98 Å². The van der Waals surface area contributed by atoms with Gasteiger partial charge >= 0.3 is 0 Å². The molecule has 1 unspecified atom stereocenters. The molecule has 0 radical (unpaired) electrons. The highest BCUT2D eigenvalue weighted by atomic mass is 32.2. The second-order valence-corrected chi connectivity index (χ2v) is 8.39. The van der Waals surface area contributed by atoms with Gasteiger partial charge in [-0.3, -0.25) is 5.41 Å². The summed E-state index contributed by atoms with van der Waals surface area (Å²) in [5.74, 6) is 0.314. The molecule has 1 fully saturated rings. The monoisotopic (exact) mass is 432 g/mol. The summed E-state index contributed by atoms with van der Waals surface area (Å²) in [4.78, 5) is 9.36. The molecule has 1 atom stereocenters. The number of benzene rings is 1. The Kier molecular flexibility index (Phi) is 5.87. The number of hydrogen-bond donors (Lipinski definition) is 3. The molecule has 4 N–H and O–H groups in total. The average Bonchev–Trinajstić information content (AvgIpc) is 3.12. The molecule has 0 aliphatic heterocycles. The summed E-state index contributed by atoms with van der Waals surface area (Å²) < 4.78 is 39.8. The maximum absolute atomic E-state index is 13.3. The van der Waals surface area contributed by atoms with E-state index in [2.05, 4.69) is 15.3 Å². The summed E-state index contributed by atoms with van der Waals surface area (Å²) in [7, 11) is -1.56. The van der Waals surface area contributed by atoms with Crippen LogP contribution in [0.1, 0.15) is 43.8 Å². The largest absolute Gasteiger partial charge is 0.324 e. The molecular formula is C20H22F2N6OS. The fourth-order valence-corrected chi connectivity index (χ4v) is 4.30. The molecule has 1 aromatic carbocycles. The molecule has 0 amide bonds. The third-order valence-electron chi connectivity index (χ3n) is 5.35. The zero-order valence-corrected chi connectivity index (χ0v) is 17.0. The first-order chi connectivity index (χ1) is 14.4. The zero-order valence-electron chi connectivity index (χ0n) is 16.1. The summed E-state index contributed by atoms with van der Waals surface area (Å²) in [6.45, 7) is 0. The predicted octanol–water partition coefficient (Wildman–Crippen LogP) is 4.29. The van der Waals surface area contributed by atoms with E-state index < -0.39 is 23.1 Å². The smallest absolute Gasteiger partial charge is 0.281 e. The topological polar surface area (TPSA) is 110 Å². The molecule has 1 saturated carbocycles. The predicted molar refractivity (Wildman–Crippen MR) is 113 cm³/mol. The van der Waals surface area contributed by atoms with E-state index in [9.17, 15) is 13.0 Å². The van der Waals surface area contributed by atoms with Crippen LogP contribution in [0.3, 0.4) is 0 Å². The van der Waals surface area contributed by atoms with Crippen molar-refractivity contribution in [3.63, 3.8) is 0 Å². The fraction of sp³-hybridized carbons (Fsp3) is 0.350. The third kappa shape index (κ3) is 4.10. The van der Waals surface area contributed by atoms with E-state index in [1.54, 1.807) is 41.1 Å². The summed E-state index contributed by atoms with van der Waals surface area (Å²) in [6.07, 6.45) is 3.65. The Morgan fingerprint density at radius 3 is 2.57 bits per heavy atom. The van der Waals surface area contributed by atoms with Gasteiger partial charge in [0, 0.05) is 23.3 Å². The van der Waals surface area contributed by atoms with E-state index >= 15 is 0 Å². The minimum Gasteiger partial charge on any atom is -0.324 e. The summed E-state index contributed by atoms with van der Waals surface area (Å²) in [5.41, 5.74) is 0.728. The number of fused-ring (bicyclic) bond motifs is 1. The number of nitrogens with zero attached hydrogens (tertiary/aromatic N) is 3. The van der Waals surface area contributed by atoms with E-state index in [4.69, 9.17) is 10.5 Å². The maximum Gasteiger partial charge on any atom is 0.281 e. The van der Waals surface area contributed by atoms with Crippen LogP contribution >= 0.6 is 0 Å². The van der Waals surface area contributed by atoms with Gasteiger partial charge < -0.3 is 9.88 Å². The first kappa shape index (κ1) is 20.5. The highest BCUT2D eigenvalue weighted by Crippen LogP contribution is 2.34. The lowest BCUT2D eigenvalue weighted by Gasteiger charge is -2.26. The second kappa shape index (κ2) is 8.57. The SMILES string of the molecule is N=C(c1cc2cnc(Nc3ccc(S(N)=O)cc3)nc2n1C1CCCCC1)C(F)F. The molecule has 4 rings (SSSR count). The van der Waals surface area contributed by atoms with Gasteiger partial charge in [-0.1, -0.05) is 19.3 Å². The molecule has 2 heterocycles. The number of halogens is 2. The van der Waals surface area contributed by atoms with Crippen molar-refractivity contribution >= 4 is 39.4 Å². The fourth-order valence-electron chi connectivity index (χ4n) is 3.90. The zero-order chi connectivity index (χ0) is 21.3. The van der Waals surface area contributed by atoms with Crippen molar-refractivity contribution in [3.05, 3.63) is 42.2 Å². The van der Waals surface area contributed by atoms with Crippen LogP contribution in [0.5, 0.6) is 0 Å². The number of rotatable bonds is 6. The Morgan fingerprint density at radius 1 is 1.23 bits per heavy atom. The van der Waals surface area contributed by atoms with Gasteiger partial charge in [0.25, 0.3) is 6.43 Å². The van der Waals surface area contributed by atoms with Crippen molar-refractivity contribution in [2.24, 2.45) is 5.14 Å². The average molecular weight is 433 g/mol. The molecule has 0 bridgehead atoms. The molecule has 0 saturated heterocycles. The quantitative estimate of drug-likeness (QED) is 0.505. The normalized spacial score (nSPS) is 16.1. The lowest BCUT2D eigenvalue weighted by Crippen LogP contribution is -2.21. The molecular weight excluding hydrogens is 410 g/mol. The van der Waals surface area contributed by atoms with Crippen LogP contribution in [0.2, 0.25) is 0 Å². The molecule has 30 heavy (non-hydrogen) atoms. The number of aromatic nitrogens is 3. The van der Waals surface area contributed by atoms with Crippen LogP contribution in [0, 0.1) is 5.41 Å². The second-order valence-electron chi connectivity index (χ2n) is 7.33. The number of nitrogens with two attached hydrogens (primary N) is 1. The maximum atomic E-state index is 13.3. The molecule has 7 nitrogen and oxygen atoms in total. The number of anilines is 2. The van der Waals surface area contributed by atoms with Crippen molar-refractivity contribution in [3.8, 4) is 0 Å². The Hall–Kier alpha value is -2.72. The van der Waals surface area contributed by atoms with Crippen LogP contribution in [-0.4, -0.2) is 30.9 Å². The Morgan fingerprint density at radius 2 is 1.93 bits per heavy atom. The standard InChI is InChI=1S/C20H22F2N6OS/c21-18(22)17(23)16-10-12-11-25-20(26-13-6-8-15(9-7-13)30(24)29)27-19(12)28(16)14-4-2-1-3-5-14/h6-11,14,18,23H,1-5,24H2,(H,25,26,27). The Bertz CT molecular complexity index is 1090. The molecule has 1 aliphatic carbocycles. The Labute approximate surface area is 174 Å². The van der Waals surface area contributed by atoms with Crippen LogP contribution in [-0.2, 0) is 11.0 Å². The number of nitrogens with one attached hydrogen (secondary N) is 2. The highest BCUT2D eigenvalue weighted by molar-refractivity contribution is 7.82. The van der Waals surface area contributed by atoms with Crippen molar-refractivity contribution in [2.75, 3.05) is 5.32 Å². The highest BCUT2D eigenvalue weighted by Gasteiger charge is 2.26. The number of alkyl halides is 2. The van der Waals surface area contributed by atoms with E-state index in [-0.39, 0.29) is 11.7 Å². The van der Waals surface area contributed by atoms with Crippen LogP contribution in [0.15, 0.2) is 41.4 Å². The van der Waals surface area contributed by atoms with Crippen molar-refractivity contribution < 1.29 is 13.0 Å². The van der Waals surface area contributed by atoms with Crippen LogP contribution < -0.4 is 10.5 Å². The van der Waals surface area contributed by atoms with Crippen molar-refractivity contribution in [2.45, 2.75) is 49.5 Å². The molecule has 10 heteroatoms. The van der Waals surface area contributed by atoms with E-state index in [1.807, 2.05) is 0 Å². The van der Waals surface area contributed by atoms with Gasteiger partial charge in [0.15, 0.2) is 0 Å².